The molecule has 1 saturated heterocycles. The average Bonchev–Trinajstić information content (AvgIpc) is 3.16. The molecule has 1 atom stereocenters. The van der Waals surface area contributed by atoms with Crippen molar-refractivity contribution in [3.05, 3.63) is 64.2 Å². The molecular weight excluding hydrogens is 432 g/mol. The Labute approximate surface area is 199 Å². The number of nitrogens with zero attached hydrogens (tertiary/aromatic N) is 2. The topological polar surface area (TPSA) is 76.2 Å². The summed E-state index contributed by atoms with van der Waals surface area (Å²) in [4.78, 5) is 41.2. The van der Waals surface area contributed by atoms with Gasteiger partial charge in [0.15, 0.2) is 5.78 Å². The number of ketones is 2. The molecule has 0 bridgehead atoms. The lowest BCUT2D eigenvalue weighted by atomic mass is 9.92. The van der Waals surface area contributed by atoms with Gasteiger partial charge >= 0.3 is 0 Å². The second-order valence-corrected chi connectivity index (χ2v) is 9.40. The molecule has 0 spiro atoms. The molecule has 2 fully saturated rings. The van der Waals surface area contributed by atoms with E-state index < -0.39 is 6.04 Å². The first kappa shape index (κ1) is 22.7. The summed E-state index contributed by atoms with van der Waals surface area (Å²) in [6, 6.07) is 11.6. The zero-order chi connectivity index (χ0) is 23.7. The first-order valence-electron chi connectivity index (χ1n) is 12.0. The number of hydrogen-bond donors (Lipinski definition) is 0. The van der Waals surface area contributed by atoms with Gasteiger partial charge in [-0.25, -0.2) is 0 Å². The minimum absolute atomic E-state index is 0.0405. The molecule has 3 aliphatic rings. The minimum Gasteiger partial charge on any atom is -0.488 e. The number of ether oxygens (including phenoxy) is 2. The van der Waals surface area contributed by atoms with E-state index in [1.165, 1.54) is 5.56 Å². The number of rotatable bonds is 6. The Kier molecular flexibility index (Phi) is 6.48. The average molecular weight is 463 g/mol. The first-order chi connectivity index (χ1) is 16.5. The summed E-state index contributed by atoms with van der Waals surface area (Å²) in [6.07, 6.45) is 0.679. The van der Waals surface area contributed by atoms with Gasteiger partial charge in [-0.05, 0) is 36.1 Å². The largest absolute Gasteiger partial charge is 0.488 e. The number of aryl methyl sites for hydroxylation is 1. The van der Waals surface area contributed by atoms with E-state index in [1.54, 1.807) is 4.90 Å². The van der Waals surface area contributed by atoms with Gasteiger partial charge in [-0.15, -0.1) is 0 Å². The Morgan fingerprint density at radius 3 is 2.47 bits per heavy atom. The molecule has 1 unspecified atom stereocenters. The Morgan fingerprint density at radius 2 is 1.74 bits per heavy atom. The fourth-order valence-electron chi connectivity index (χ4n) is 5.05. The summed E-state index contributed by atoms with van der Waals surface area (Å²) in [7, 11) is 0. The van der Waals surface area contributed by atoms with E-state index >= 15 is 0 Å². The van der Waals surface area contributed by atoms with Crippen molar-refractivity contribution in [1.82, 2.24) is 9.80 Å². The number of amides is 1. The molecule has 7 nitrogen and oxygen atoms in total. The van der Waals surface area contributed by atoms with Crippen molar-refractivity contribution < 1.29 is 23.9 Å². The third-order valence-electron chi connectivity index (χ3n) is 7.01. The van der Waals surface area contributed by atoms with Crippen LogP contribution in [0.15, 0.2) is 36.4 Å². The van der Waals surface area contributed by atoms with Crippen LogP contribution < -0.4 is 4.74 Å². The van der Waals surface area contributed by atoms with Crippen molar-refractivity contribution in [1.29, 1.82) is 0 Å². The van der Waals surface area contributed by atoms with Gasteiger partial charge in [-0.2, -0.15) is 0 Å². The summed E-state index contributed by atoms with van der Waals surface area (Å²) in [5, 5.41) is 0. The zero-order valence-corrected chi connectivity index (χ0v) is 19.5. The van der Waals surface area contributed by atoms with Crippen molar-refractivity contribution in [3.8, 4) is 5.75 Å². The number of hydrogen-bond acceptors (Lipinski definition) is 6. The molecule has 2 aliphatic heterocycles. The number of carbonyl (C=O) groups is 3. The normalized spacial score (nSPS) is 21.1. The van der Waals surface area contributed by atoms with Gasteiger partial charge in [0.1, 0.15) is 18.1 Å². The van der Waals surface area contributed by atoms with Crippen LogP contribution in [0.4, 0.5) is 0 Å². The smallest absolute Gasteiger partial charge is 0.255 e. The standard InChI is InChI=1S/C27H30N2O5/c1-18-2-8-22-23(16-29(27(22)32)24-9-7-21(30)14-25(24)31)26(18)34-17-20-5-3-19(4-6-20)15-28-10-12-33-13-11-28/h2-6,8,24H,7,9-17H2,1H3. The molecule has 2 aromatic carbocycles. The number of Topliss-reactive ketones (excluding diaryl/α,β-unsaturated/α-hetero) is 2. The van der Waals surface area contributed by atoms with Crippen LogP contribution in [0.1, 0.15) is 51.9 Å². The van der Waals surface area contributed by atoms with Gasteiger partial charge in [-0.3, -0.25) is 19.3 Å². The molecule has 34 heavy (non-hydrogen) atoms. The summed E-state index contributed by atoms with van der Waals surface area (Å²) in [5.41, 5.74) is 4.71. The van der Waals surface area contributed by atoms with E-state index in [0.29, 0.717) is 37.3 Å². The molecule has 0 N–H and O–H groups in total. The van der Waals surface area contributed by atoms with Crippen LogP contribution >= 0.6 is 0 Å². The van der Waals surface area contributed by atoms with Gasteiger partial charge in [0.2, 0.25) is 0 Å². The van der Waals surface area contributed by atoms with Crippen LogP contribution in [-0.4, -0.2) is 59.6 Å². The maximum absolute atomic E-state index is 13.1. The predicted octanol–water partition coefficient (Wildman–Crippen LogP) is 3.05. The quantitative estimate of drug-likeness (QED) is 0.615. The maximum Gasteiger partial charge on any atom is 0.255 e. The van der Waals surface area contributed by atoms with Crippen LogP contribution in [0.3, 0.4) is 0 Å². The molecule has 1 saturated carbocycles. The molecule has 7 heteroatoms. The Morgan fingerprint density at radius 1 is 1.00 bits per heavy atom. The molecule has 1 amide bonds. The van der Waals surface area contributed by atoms with Gasteiger partial charge in [-0.1, -0.05) is 30.3 Å². The van der Waals surface area contributed by atoms with E-state index in [-0.39, 0.29) is 23.9 Å². The lowest BCUT2D eigenvalue weighted by molar-refractivity contribution is -0.133. The lowest BCUT2D eigenvalue weighted by Crippen LogP contribution is -2.44. The van der Waals surface area contributed by atoms with Crippen molar-refractivity contribution in [3.63, 3.8) is 0 Å². The summed E-state index contributed by atoms with van der Waals surface area (Å²) < 4.78 is 11.7. The summed E-state index contributed by atoms with van der Waals surface area (Å²) in [5.74, 6) is 0.361. The molecule has 2 aromatic rings. The van der Waals surface area contributed by atoms with Crippen molar-refractivity contribution >= 4 is 17.5 Å². The van der Waals surface area contributed by atoms with Crippen LogP contribution in [0, 0.1) is 6.92 Å². The van der Waals surface area contributed by atoms with Crippen molar-refractivity contribution in [2.75, 3.05) is 26.3 Å². The van der Waals surface area contributed by atoms with Crippen molar-refractivity contribution in [2.45, 2.75) is 51.9 Å². The molecule has 178 valence electrons. The van der Waals surface area contributed by atoms with Gasteiger partial charge < -0.3 is 14.4 Å². The molecule has 0 radical (unpaired) electrons. The molecular formula is C27H30N2O5. The number of benzene rings is 2. The number of fused-ring (bicyclic) bond motifs is 1. The zero-order valence-electron chi connectivity index (χ0n) is 19.5. The molecule has 2 heterocycles. The Hall–Kier alpha value is -3.03. The highest BCUT2D eigenvalue weighted by atomic mass is 16.5. The fourth-order valence-corrected chi connectivity index (χ4v) is 5.05. The van der Waals surface area contributed by atoms with E-state index in [1.807, 2.05) is 19.1 Å². The monoisotopic (exact) mass is 462 g/mol. The van der Waals surface area contributed by atoms with E-state index in [2.05, 4.69) is 29.2 Å². The molecule has 0 aromatic heterocycles. The van der Waals surface area contributed by atoms with E-state index in [4.69, 9.17) is 9.47 Å². The van der Waals surface area contributed by atoms with Gasteiger partial charge in [0.25, 0.3) is 5.91 Å². The minimum atomic E-state index is -0.523. The Balaban J connectivity index is 1.27. The highest BCUT2D eigenvalue weighted by Crippen LogP contribution is 2.36. The molecule has 1 aliphatic carbocycles. The van der Waals surface area contributed by atoms with Gasteiger partial charge in [0, 0.05) is 37.2 Å². The van der Waals surface area contributed by atoms with Crippen LogP contribution in [0.5, 0.6) is 5.75 Å². The third-order valence-corrected chi connectivity index (χ3v) is 7.01. The molecule has 5 rings (SSSR count). The highest BCUT2D eigenvalue weighted by molar-refractivity contribution is 6.07. The Bertz CT molecular complexity index is 1100. The maximum atomic E-state index is 13.1. The highest BCUT2D eigenvalue weighted by Gasteiger charge is 2.40. The van der Waals surface area contributed by atoms with E-state index in [9.17, 15) is 14.4 Å². The first-order valence-corrected chi connectivity index (χ1v) is 12.0. The second-order valence-electron chi connectivity index (χ2n) is 9.40. The van der Waals surface area contributed by atoms with Crippen LogP contribution in [-0.2, 0) is 34.0 Å². The SMILES string of the molecule is Cc1ccc2c(c1OCc1ccc(CN3CCOCC3)cc1)CN(C1CCC(=O)CC1=O)C2=O. The van der Waals surface area contributed by atoms with Crippen molar-refractivity contribution in [2.24, 2.45) is 0 Å². The van der Waals surface area contributed by atoms with E-state index in [0.717, 1.165) is 49.5 Å². The summed E-state index contributed by atoms with van der Waals surface area (Å²) >= 11 is 0. The second kappa shape index (κ2) is 9.68. The fraction of sp³-hybridized carbons (Fsp3) is 0.444. The lowest BCUT2D eigenvalue weighted by Gasteiger charge is -2.29. The summed E-state index contributed by atoms with van der Waals surface area (Å²) in [6.45, 7) is 7.13. The van der Waals surface area contributed by atoms with Crippen LogP contribution in [0.2, 0.25) is 0 Å². The predicted molar refractivity (Wildman–Crippen MR) is 126 cm³/mol. The van der Waals surface area contributed by atoms with Crippen LogP contribution in [0.25, 0.3) is 0 Å². The number of morpholine rings is 1. The third kappa shape index (κ3) is 4.63. The number of carbonyl (C=O) groups excluding carboxylic acids is 3. The van der Waals surface area contributed by atoms with Gasteiger partial charge in [0.05, 0.1) is 32.2 Å².